The summed E-state index contributed by atoms with van der Waals surface area (Å²) < 4.78 is 7.81. The molecule has 0 aliphatic carbocycles. The van der Waals surface area contributed by atoms with E-state index in [-0.39, 0.29) is 0 Å². The van der Waals surface area contributed by atoms with Crippen LogP contribution in [0.4, 0.5) is 5.69 Å². The normalized spacial score (nSPS) is 11.4. The van der Waals surface area contributed by atoms with Crippen LogP contribution in [0.1, 0.15) is 45.4 Å². The summed E-state index contributed by atoms with van der Waals surface area (Å²) in [7, 11) is 1.65. The van der Waals surface area contributed by atoms with E-state index in [0.717, 1.165) is 49.9 Å². The Balaban J connectivity index is 1.77. The highest BCUT2D eigenvalue weighted by molar-refractivity contribution is 7.80. The molecule has 0 saturated heterocycles. The maximum absolute atomic E-state index is 6.29. The molecule has 0 atom stereocenters. The zero-order valence-electron chi connectivity index (χ0n) is 23.8. The molecule has 0 aliphatic heterocycles. The van der Waals surface area contributed by atoms with Crippen molar-refractivity contribution in [3.05, 3.63) is 82.1 Å². The Bertz CT molecular complexity index is 1170. The number of nitrogens with one attached hydrogen (secondary N) is 1. The number of thiocarbonyl (C=S) groups is 1. The highest BCUT2D eigenvalue weighted by Crippen LogP contribution is 2.28. The molecule has 0 aliphatic rings. The molecule has 212 valence electrons. The molecule has 8 heteroatoms. The smallest absolute Gasteiger partial charge is 0.173 e. The second kappa shape index (κ2) is 15.5. The van der Waals surface area contributed by atoms with Crippen LogP contribution >= 0.6 is 35.4 Å². The third-order valence-electron chi connectivity index (χ3n) is 6.38. The number of aromatic nitrogens is 1. The van der Waals surface area contributed by atoms with Crippen LogP contribution in [0.5, 0.6) is 5.75 Å². The quantitative estimate of drug-likeness (QED) is 0.192. The Morgan fingerprint density at radius 1 is 0.949 bits per heavy atom. The summed E-state index contributed by atoms with van der Waals surface area (Å²) in [5.41, 5.74) is 3.15. The molecule has 39 heavy (non-hydrogen) atoms. The minimum absolute atomic E-state index is 0.627. The van der Waals surface area contributed by atoms with Gasteiger partial charge in [0.2, 0.25) is 0 Å². The number of ether oxygens (including phenoxy) is 1. The van der Waals surface area contributed by atoms with Crippen molar-refractivity contribution in [3.8, 4) is 5.75 Å². The number of hydrogen-bond donors (Lipinski definition) is 1. The van der Waals surface area contributed by atoms with Crippen molar-refractivity contribution in [2.45, 2.75) is 47.2 Å². The maximum atomic E-state index is 6.29. The standard InChI is InChI=1S/C31H42Cl2N4OS/c1-23(2)19-35(20-24(3)4)15-7-17-37(31(39)34-29-18-27(33)13-14-30(29)38-5)22-28-8-6-16-36(28)21-25-9-11-26(32)12-10-25/h6,8-14,16,18,23-24H,7,15,17,19-22H2,1-5H3,(H,34,39). The van der Waals surface area contributed by atoms with Gasteiger partial charge in [-0.3, -0.25) is 0 Å². The second-order valence-electron chi connectivity index (χ2n) is 10.9. The first kappa shape index (κ1) is 31.3. The third kappa shape index (κ3) is 10.3. The minimum atomic E-state index is 0.627. The highest BCUT2D eigenvalue weighted by atomic mass is 35.5. The zero-order valence-corrected chi connectivity index (χ0v) is 26.1. The summed E-state index contributed by atoms with van der Waals surface area (Å²) in [5, 5.41) is 5.42. The Kier molecular flexibility index (Phi) is 12.4. The summed E-state index contributed by atoms with van der Waals surface area (Å²) in [4.78, 5) is 4.82. The number of halogens is 2. The molecule has 0 radical (unpaired) electrons. The molecule has 0 bridgehead atoms. The molecule has 0 amide bonds. The monoisotopic (exact) mass is 588 g/mol. The van der Waals surface area contributed by atoms with Gasteiger partial charge in [0, 0.05) is 48.1 Å². The summed E-state index contributed by atoms with van der Waals surface area (Å²) in [6, 6.07) is 17.8. The van der Waals surface area contributed by atoms with Crippen molar-refractivity contribution in [1.82, 2.24) is 14.4 Å². The van der Waals surface area contributed by atoms with Gasteiger partial charge in [0.25, 0.3) is 0 Å². The summed E-state index contributed by atoms with van der Waals surface area (Å²) in [6.07, 6.45) is 3.12. The predicted molar refractivity (Wildman–Crippen MR) is 170 cm³/mol. The molecule has 1 aromatic heterocycles. The molecule has 0 unspecified atom stereocenters. The maximum Gasteiger partial charge on any atom is 0.173 e. The first-order chi connectivity index (χ1) is 18.6. The van der Waals surface area contributed by atoms with E-state index in [1.807, 2.05) is 30.3 Å². The number of rotatable bonds is 14. The number of nitrogens with zero attached hydrogens (tertiary/aromatic N) is 3. The Hall–Kier alpha value is -2.25. The SMILES string of the molecule is COc1ccc(Cl)cc1NC(=S)N(CCCN(CC(C)C)CC(C)C)Cc1cccn1Cc1ccc(Cl)cc1. The largest absolute Gasteiger partial charge is 0.495 e. The molecule has 0 fully saturated rings. The Morgan fingerprint density at radius 2 is 1.62 bits per heavy atom. The minimum Gasteiger partial charge on any atom is -0.495 e. The fourth-order valence-corrected chi connectivity index (χ4v) is 5.29. The zero-order chi connectivity index (χ0) is 28.4. The Labute approximate surface area is 250 Å². The van der Waals surface area contributed by atoms with Gasteiger partial charge in [-0.2, -0.15) is 0 Å². The number of benzene rings is 2. The van der Waals surface area contributed by atoms with E-state index in [9.17, 15) is 0 Å². The average molecular weight is 590 g/mol. The van der Waals surface area contributed by atoms with E-state index in [2.05, 4.69) is 77.8 Å². The molecule has 0 saturated carbocycles. The lowest BCUT2D eigenvalue weighted by Gasteiger charge is -2.30. The fourth-order valence-electron chi connectivity index (χ4n) is 4.73. The van der Waals surface area contributed by atoms with Crippen molar-refractivity contribution in [1.29, 1.82) is 0 Å². The molecular weight excluding hydrogens is 547 g/mol. The lowest BCUT2D eigenvalue weighted by atomic mass is 10.1. The van der Waals surface area contributed by atoms with E-state index < -0.39 is 0 Å². The van der Waals surface area contributed by atoms with Gasteiger partial charge >= 0.3 is 0 Å². The molecule has 1 heterocycles. The molecule has 3 aromatic rings. The third-order valence-corrected chi connectivity index (χ3v) is 7.23. The molecule has 1 N–H and O–H groups in total. The van der Waals surface area contributed by atoms with Crippen molar-refractivity contribution in [2.75, 3.05) is 38.6 Å². The van der Waals surface area contributed by atoms with E-state index in [1.165, 1.54) is 11.3 Å². The van der Waals surface area contributed by atoms with E-state index in [0.29, 0.717) is 34.3 Å². The summed E-state index contributed by atoms with van der Waals surface area (Å²) in [5.74, 6) is 1.97. The summed E-state index contributed by atoms with van der Waals surface area (Å²) >= 11 is 18.4. The van der Waals surface area contributed by atoms with Gasteiger partial charge in [0.05, 0.1) is 19.3 Å². The van der Waals surface area contributed by atoms with Crippen LogP contribution in [0, 0.1) is 11.8 Å². The van der Waals surface area contributed by atoms with Crippen molar-refractivity contribution in [3.63, 3.8) is 0 Å². The van der Waals surface area contributed by atoms with Crippen LogP contribution in [0.25, 0.3) is 0 Å². The lowest BCUT2D eigenvalue weighted by Crippen LogP contribution is -2.38. The van der Waals surface area contributed by atoms with Gasteiger partial charge in [-0.25, -0.2) is 0 Å². The molecule has 3 rings (SSSR count). The van der Waals surface area contributed by atoms with E-state index >= 15 is 0 Å². The van der Waals surface area contributed by atoms with Crippen LogP contribution in [-0.4, -0.2) is 52.8 Å². The van der Waals surface area contributed by atoms with Crippen molar-refractivity contribution >= 4 is 46.2 Å². The van der Waals surface area contributed by atoms with Crippen molar-refractivity contribution in [2.24, 2.45) is 11.8 Å². The number of methoxy groups -OCH3 is 1. The van der Waals surface area contributed by atoms with Crippen molar-refractivity contribution < 1.29 is 4.74 Å². The van der Waals surface area contributed by atoms with Gasteiger partial charge in [0.1, 0.15) is 5.75 Å². The van der Waals surface area contributed by atoms with Gasteiger partial charge in [0.15, 0.2) is 5.11 Å². The Morgan fingerprint density at radius 3 is 2.26 bits per heavy atom. The molecule has 0 spiro atoms. The van der Waals surface area contributed by atoms with E-state index in [1.54, 1.807) is 7.11 Å². The highest BCUT2D eigenvalue weighted by Gasteiger charge is 2.17. The average Bonchev–Trinajstić information content (AvgIpc) is 3.30. The summed E-state index contributed by atoms with van der Waals surface area (Å²) in [6.45, 7) is 14.6. The van der Waals surface area contributed by atoms with E-state index in [4.69, 9.17) is 40.2 Å². The van der Waals surface area contributed by atoms with Gasteiger partial charge in [-0.05, 0) is 85.0 Å². The van der Waals surface area contributed by atoms with Crippen LogP contribution in [0.3, 0.4) is 0 Å². The topological polar surface area (TPSA) is 32.7 Å². The van der Waals surface area contributed by atoms with Crippen LogP contribution in [0.2, 0.25) is 10.0 Å². The molecular formula is C31H42Cl2N4OS. The predicted octanol–water partition coefficient (Wildman–Crippen LogP) is 8.05. The molecule has 5 nitrogen and oxygen atoms in total. The molecule has 2 aromatic carbocycles. The van der Waals surface area contributed by atoms with Crippen LogP contribution < -0.4 is 10.1 Å². The second-order valence-corrected chi connectivity index (χ2v) is 12.1. The van der Waals surface area contributed by atoms with Gasteiger partial charge < -0.3 is 24.4 Å². The number of hydrogen-bond acceptors (Lipinski definition) is 3. The first-order valence-electron chi connectivity index (χ1n) is 13.6. The van der Waals surface area contributed by atoms with Gasteiger partial charge in [-0.1, -0.05) is 63.0 Å². The fraction of sp³-hybridized carbons (Fsp3) is 0.452. The lowest BCUT2D eigenvalue weighted by molar-refractivity contribution is 0.209. The van der Waals surface area contributed by atoms with Crippen LogP contribution in [-0.2, 0) is 13.1 Å². The number of anilines is 1. The van der Waals surface area contributed by atoms with Gasteiger partial charge in [-0.15, -0.1) is 0 Å². The first-order valence-corrected chi connectivity index (χ1v) is 14.8. The van der Waals surface area contributed by atoms with Crippen LogP contribution in [0.15, 0.2) is 60.8 Å².